The van der Waals surface area contributed by atoms with Crippen LogP contribution in [0, 0.1) is 0 Å². The van der Waals surface area contributed by atoms with Gasteiger partial charge >= 0.3 is 0 Å². The lowest BCUT2D eigenvalue weighted by atomic mass is 10.1. The number of anilines is 1. The van der Waals surface area contributed by atoms with Gasteiger partial charge in [0.25, 0.3) is 10.0 Å². The first-order valence-corrected chi connectivity index (χ1v) is 17.3. The number of ether oxygens (including phenoxy) is 4. The van der Waals surface area contributed by atoms with Gasteiger partial charge in [-0.1, -0.05) is 31.9 Å². The van der Waals surface area contributed by atoms with Crippen LogP contribution in [-0.4, -0.2) is 71.7 Å². The number of hydrogen-bond donors (Lipinski definition) is 1. The van der Waals surface area contributed by atoms with Gasteiger partial charge in [-0.15, -0.1) is 0 Å². The second-order valence-electron chi connectivity index (χ2n) is 11.2. The molecule has 0 spiro atoms. The zero-order valence-corrected chi connectivity index (χ0v) is 28.5. The monoisotopic (exact) mass is 667 g/mol. The molecule has 3 aromatic rings. The Labute approximate surface area is 277 Å². The van der Waals surface area contributed by atoms with E-state index in [0.29, 0.717) is 30.3 Å². The summed E-state index contributed by atoms with van der Waals surface area (Å²) in [6.45, 7) is 3.63. The highest BCUT2D eigenvalue weighted by Gasteiger charge is 2.35. The zero-order chi connectivity index (χ0) is 34.0. The van der Waals surface area contributed by atoms with Gasteiger partial charge in [0.1, 0.15) is 24.1 Å². The third-order valence-corrected chi connectivity index (χ3v) is 10.0. The van der Waals surface area contributed by atoms with Crippen LogP contribution in [0.3, 0.4) is 0 Å². The molecule has 0 saturated heterocycles. The molecule has 47 heavy (non-hydrogen) atoms. The Hall–Kier alpha value is -4.45. The predicted octanol–water partition coefficient (Wildman–Crippen LogP) is 5.17. The maximum absolute atomic E-state index is 14.4. The standard InChI is InChI=1S/C35H45N3O8S/c1-6-31(35(40)36-26-12-8-9-13-26)37(23-25-11-10-14-29(21-25)43-3)34(39)24-38(27-15-17-28(18-16-27)46-7-2)47(41,42)30-19-20-32(44-4)33(22-30)45-5/h10-11,14-22,26,31H,6-9,12-13,23-24H2,1-5H3,(H,36,40)/t31-/m0/s1. The summed E-state index contributed by atoms with van der Waals surface area (Å²) in [5.74, 6) is 0.940. The van der Waals surface area contributed by atoms with Crippen LogP contribution in [0.5, 0.6) is 23.0 Å². The number of carbonyl (C=O) groups excluding carboxylic acids is 2. The van der Waals surface area contributed by atoms with Crippen molar-refractivity contribution in [3.63, 3.8) is 0 Å². The number of nitrogens with one attached hydrogen (secondary N) is 1. The molecule has 12 heteroatoms. The molecule has 1 saturated carbocycles. The molecular formula is C35H45N3O8S. The van der Waals surface area contributed by atoms with Gasteiger partial charge in [-0.2, -0.15) is 0 Å². The highest BCUT2D eigenvalue weighted by atomic mass is 32.2. The van der Waals surface area contributed by atoms with Gasteiger partial charge in [0, 0.05) is 18.7 Å². The average molecular weight is 668 g/mol. The van der Waals surface area contributed by atoms with Crippen LogP contribution in [-0.2, 0) is 26.2 Å². The van der Waals surface area contributed by atoms with Crippen molar-refractivity contribution in [2.45, 2.75) is 69.5 Å². The molecule has 1 atom stereocenters. The Kier molecular flexibility index (Phi) is 12.4. The summed E-state index contributed by atoms with van der Waals surface area (Å²) in [6, 6.07) is 17.2. The van der Waals surface area contributed by atoms with Crippen molar-refractivity contribution in [2.24, 2.45) is 0 Å². The topological polar surface area (TPSA) is 124 Å². The van der Waals surface area contributed by atoms with Gasteiger partial charge in [-0.25, -0.2) is 8.42 Å². The SMILES string of the molecule is CCOc1ccc(N(CC(=O)N(Cc2cccc(OC)c2)[C@@H](CC)C(=O)NC2CCCC2)S(=O)(=O)c2ccc(OC)c(OC)c2)cc1. The fraction of sp³-hybridized carbons (Fsp3) is 0.429. The van der Waals surface area contributed by atoms with E-state index in [2.05, 4.69) is 5.32 Å². The number of carbonyl (C=O) groups is 2. The number of methoxy groups -OCH3 is 3. The molecule has 1 aliphatic rings. The predicted molar refractivity (Wildman–Crippen MR) is 180 cm³/mol. The van der Waals surface area contributed by atoms with E-state index in [-0.39, 0.29) is 34.8 Å². The third-order valence-electron chi connectivity index (χ3n) is 8.23. The molecule has 1 fully saturated rings. The number of nitrogens with zero attached hydrogens (tertiary/aromatic N) is 2. The van der Waals surface area contributed by atoms with Gasteiger partial charge in [-0.05, 0) is 80.3 Å². The number of sulfonamides is 1. The van der Waals surface area contributed by atoms with E-state index in [0.717, 1.165) is 35.6 Å². The average Bonchev–Trinajstić information content (AvgIpc) is 3.60. The molecule has 0 aliphatic heterocycles. The van der Waals surface area contributed by atoms with E-state index < -0.39 is 28.5 Å². The second-order valence-corrected chi connectivity index (χ2v) is 13.1. The molecule has 0 unspecified atom stereocenters. The zero-order valence-electron chi connectivity index (χ0n) is 27.7. The van der Waals surface area contributed by atoms with E-state index >= 15 is 0 Å². The normalized spacial score (nSPS) is 13.8. The van der Waals surface area contributed by atoms with E-state index in [1.165, 1.54) is 37.3 Å². The minimum atomic E-state index is -4.33. The van der Waals surface area contributed by atoms with Crippen molar-refractivity contribution < 1.29 is 37.0 Å². The van der Waals surface area contributed by atoms with Crippen LogP contribution in [0.2, 0.25) is 0 Å². The second kappa shape index (κ2) is 16.4. The minimum absolute atomic E-state index is 0.0519. The Balaban J connectivity index is 1.76. The van der Waals surface area contributed by atoms with Crippen molar-refractivity contribution in [3.05, 3.63) is 72.3 Å². The maximum atomic E-state index is 14.4. The Morgan fingerprint density at radius 3 is 2.19 bits per heavy atom. The maximum Gasteiger partial charge on any atom is 0.264 e. The smallest absolute Gasteiger partial charge is 0.264 e. The lowest BCUT2D eigenvalue weighted by Crippen LogP contribution is -2.53. The number of hydrogen-bond acceptors (Lipinski definition) is 8. The number of amides is 2. The summed E-state index contributed by atoms with van der Waals surface area (Å²) in [5, 5.41) is 3.13. The molecule has 4 rings (SSSR count). The van der Waals surface area contributed by atoms with Crippen molar-refractivity contribution in [2.75, 3.05) is 38.8 Å². The summed E-state index contributed by atoms with van der Waals surface area (Å²) in [7, 11) is 0.0997. The summed E-state index contributed by atoms with van der Waals surface area (Å²) in [4.78, 5) is 29.5. The lowest BCUT2D eigenvalue weighted by molar-refractivity contribution is -0.140. The summed E-state index contributed by atoms with van der Waals surface area (Å²) >= 11 is 0. The molecule has 3 aromatic carbocycles. The Morgan fingerprint density at radius 2 is 1.57 bits per heavy atom. The molecule has 0 aromatic heterocycles. The van der Waals surface area contributed by atoms with Crippen LogP contribution >= 0.6 is 0 Å². The fourth-order valence-electron chi connectivity index (χ4n) is 5.76. The molecular weight excluding hydrogens is 622 g/mol. The molecule has 0 bridgehead atoms. The summed E-state index contributed by atoms with van der Waals surface area (Å²) in [5.41, 5.74) is 0.988. The fourth-order valence-corrected chi connectivity index (χ4v) is 7.19. The number of rotatable bonds is 16. The molecule has 0 radical (unpaired) electrons. The molecule has 254 valence electrons. The highest BCUT2D eigenvalue weighted by Crippen LogP contribution is 2.33. The largest absolute Gasteiger partial charge is 0.497 e. The summed E-state index contributed by atoms with van der Waals surface area (Å²) in [6.07, 6.45) is 4.19. The van der Waals surface area contributed by atoms with Gasteiger partial charge in [0.05, 0.1) is 38.5 Å². The van der Waals surface area contributed by atoms with Gasteiger partial charge < -0.3 is 29.2 Å². The molecule has 1 aliphatic carbocycles. The van der Waals surface area contributed by atoms with Gasteiger partial charge in [0.15, 0.2) is 11.5 Å². The quantitative estimate of drug-likeness (QED) is 0.222. The van der Waals surface area contributed by atoms with E-state index in [1.807, 2.05) is 26.0 Å². The minimum Gasteiger partial charge on any atom is -0.497 e. The first-order valence-electron chi connectivity index (χ1n) is 15.9. The van der Waals surface area contributed by atoms with Crippen LogP contribution in [0.1, 0.15) is 51.5 Å². The highest BCUT2D eigenvalue weighted by molar-refractivity contribution is 7.92. The van der Waals surface area contributed by atoms with Crippen LogP contribution in [0.4, 0.5) is 5.69 Å². The first kappa shape index (κ1) is 35.4. The van der Waals surface area contributed by atoms with E-state index in [9.17, 15) is 18.0 Å². The van der Waals surface area contributed by atoms with Crippen LogP contribution in [0.25, 0.3) is 0 Å². The molecule has 11 nitrogen and oxygen atoms in total. The first-order chi connectivity index (χ1) is 22.6. The molecule has 1 N–H and O–H groups in total. The van der Waals surface area contributed by atoms with Crippen molar-refractivity contribution in [1.29, 1.82) is 0 Å². The third kappa shape index (κ3) is 8.68. The van der Waals surface area contributed by atoms with E-state index in [4.69, 9.17) is 18.9 Å². The number of benzene rings is 3. The van der Waals surface area contributed by atoms with Crippen molar-refractivity contribution in [3.8, 4) is 23.0 Å². The lowest BCUT2D eigenvalue weighted by Gasteiger charge is -2.34. The Morgan fingerprint density at radius 1 is 0.872 bits per heavy atom. The van der Waals surface area contributed by atoms with E-state index in [1.54, 1.807) is 43.5 Å². The van der Waals surface area contributed by atoms with Crippen molar-refractivity contribution in [1.82, 2.24) is 10.2 Å². The Bertz CT molecular complexity index is 1610. The summed E-state index contributed by atoms with van der Waals surface area (Å²) < 4.78 is 51.4. The molecule has 2 amide bonds. The molecule has 0 heterocycles. The van der Waals surface area contributed by atoms with Crippen LogP contribution in [0.15, 0.2) is 71.6 Å². The van der Waals surface area contributed by atoms with Gasteiger partial charge in [0.2, 0.25) is 11.8 Å². The van der Waals surface area contributed by atoms with Crippen LogP contribution < -0.4 is 28.6 Å². The van der Waals surface area contributed by atoms with Gasteiger partial charge in [-0.3, -0.25) is 13.9 Å². The van der Waals surface area contributed by atoms with Crippen molar-refractivity contribution >= 4 is 27.5 Å².